The maximum atomic E-state index is 10.9. The lowest BCUT2D eigenvalue weighted by molar-refractivity contribution is 0.126. The van der Waals surface area contributed by atoms with E-state index >= 15 is 0 Å². The fourth-order valence-corrected chi connectivity index (χ4v) is 4.45. The van der Waals surface area contributed by atoms with Crippen molar-refractivity contribution in [2.45, 2.75) is 76.2 Å². The van der Waals surface area contributed by atoms with Gasteiger partial charge in [-0.1, -0.05) is 53.3 Å². The summed E-state index contributed by atoms with van der Waals surface area (Å²) < 4.78 is 5.94. The van der Waals surface area contributed by atoms with Gasteiger partial charge < -0.3 is 14.9 Å². The molecule has 1 aliphatic heterocycles. The number of halogens is 1. The van der Waals surface area contributed by atoms with Crippen LogP contribution in [0.15, 0.2) is 23.2 Å². The predicted molar refractivity (Wildman–Crippen MR) is 117 cm³/mol. The Kier molecular flexibility index (Phi) is 6.34. The van der Waals surface area contributed by atoms with Crippen LogP contribution in [0.4, 0.5) is 0 Å². The highest BCUT2D eigenvalue weighted by molar-refractivity contribution is 7.99. The van der Waals surface area contributed by atoms with Crippen LogP contribution in [0.2, 0.25) is 0 Å². The van der Waals surface area contributed by atoms with E-state index in [-0.39, 0.29) is 34.4 Å². The minimum absolute atomic E-state index is 0. The number of thioether (sulfide) groups is 1. The quantitative estimate of drug-likeness (QED) is 0.607. The van der Waals surface area contributed by atoms with Crippen LogP contribution in [-0.4, -0.2) is 15.2 Å². The molecule has 0 saturated heterocycles. The molecule has 2 heterocycles. The number of phenols is 1. The van der Waals surface area contributed by atoms with Gasteiger partial charge in [0.05, 0.1) is 12.3 Å². The van der Waals surface area contributed by atoms with E-state index in [1.54, 1.807) is 24.9 Å². The molecular weight excluding hydrogens is 394 g/mol. The zero-order chi connectivity index (χ0) is 20.1. The van der Waals surface area contributed by atoms with Crippen LogP contribution in [-0.2, 0) is 22.2 Å². The molecule has 0 saturated carbocycles. The highest BCUT2D eigenvalue weighted by atomic mass is 35.5. The second-order valence-electron chi connectivity index (χ2n) is 9.26. The summed E-state index contributed by atoms with van der Waals surface area (Å²) in [6, 6.07) is 4.09. The molecule has 0 amide bonds. The van der Waals surface area contributed by atoms with E-state index in [1.807, 2.05) is 12.1 Å². The highest BCUT2D eigenvalue weighted by Crippen LogP contribution is 2.49. The molecule has 0 spiro atoms. The number of rotatable bonds is 2. The fourth-order valence-electron chi connectivity index (χ4n) is 3.32. The van der Waals surface area contributed by atoms with Crippen molar-refractivity contribution in [1.82, 2.24) is 4.98 Å². The zero-order valence-corrected chi connectivity index (χ0v) is 19.2. The van der Waals surface area contributed by atoms with E-state index < -0.39 is 0 Å². The first-order valence-electron chi connectivity index (χ1n) is 9.23. The number of hydrogen-bond acceptors (Lipinski definition) is 5. The number of pyridine rings is 1. The highest BCUT2D eigenvalue weighted by Gasteiger charge is 2.31. The Hall–Kier alpha value is -1.43. The maximum absolute atomic E-state index is 10.9. The van der Waals surface area contributed by atoms with Crippen molar-refractivity contribution in [3.63, 3.8) is 0 Å². The average Bonchev–Trinajstić information content (AvgIpc) is 2.94. The Bertz CT molecular complexity index is 850. The lowest BCUT2D eigenvalue weighted by Crippen LogP contribution is -2.17. The van der Waals surface area contributed by atoms with Gasteiger partial charge >= 0.3 is 0 Å². The molecule has 1 atom stereocenters. The summed E-state index contributed by atoms with van der Waals surface area (Å²) in [5.41, 5.74) is 3.55. The van der Waals surface area contributed by atoms with Crippen molar-refractivity contribution in [3.05, 3.63) is 46.3 Å². The molecule has 1 aromatic heterocycles. The average molecular weight is 424 g/mol. The SMILES string of the molecule is Cc1ncc2c(c1O)C(Sc1cc(C(C)(C)C)c(O)c(C(C)(C)C)c1)OC2.Cl. The summed E-state index contributed by atoms with van der Waals surface area (Å²) in [6.45, 7) is 14.9. The number of aromatic hydroxyl groups is 2. The van der Waals surface area contributed by atoms with E-state index in [2.05, 4.69) is 46.5 Å². The van der Waals surface area contributed by atoms with Crippen molar-refractivity contribution in [3.8, 4) is 11.5 Å². The maximum Gasteiger partial charge on any atom is 0.143 e. The number of nitrogens with zero attached hydrogens (tertiary/aromatic N) is 1. The molecule has 28 heavy (non-hydrogen) atoms. The molecule has 2 N–H and O–H groups in total. The lowest BCUT2D eigenvalue weighted by atomic mass is 9.79. The summed E-state index contributed by atoms with van der Waals surface area (Å²) in [5, 5.41) is 21.4. The molecule has 2 aromatic rings. The van der Waals surface area contributed by atoms with E-state index in [1.165, 1.54) is 0 Å². The molecule has 154 valence electrons. The van der Waals surface area contributed by atoms with E-state index in [0.717, 1.165) is 27.1 Å². The van der Waals surface area contributed by atoms with Crippen molar-refractivity contribution < 1.29 is 14.9 Å². The monoisotopic (exact) mass is 423 g/mol. The number of fused-ring (bicyclic) bond motifs is 1. The van der Waals surface area contributed by atoms with Crippen LogP contribution in [0.5, 0.6) is 11.5 Å². The minimum Gasteiger partial charge on any atom is -0.507 e. The Morgan fingerprint density at radius 1 is 1.00 bits per heavy atom. The van der Waals surface area contributed by atoms with Gasteiger partial charge in [-0.15, -0.1) is 12.4 Å². The van der Waals surface area contributed by atoms with Crippen molar-refractivity contribution >= 4 is 24.2 Å². The predicted octanol–water partition coefficient (Wildman–Crippen LogP) is 6.14. The van der Waals surface area contributed by atoms with Gasteiger partial charge in [-0.25, -0.2) is 0 Å². The molecule has 1 aliphatic rings. The van der Waals surface area contributed by atoms with Crippen LogP contribution in [0.1, 0.15) is 74.9 Å². The third kappa shape index (κ3) is 4.27. The van der Waals surface area contributed by atoms with Crippen molar-refractivity contribution in [2.75, 3.05) is 0 Å². The number of aryl methyl sites for hydroxylation is 1. The molecule has 1 unspecified atom stereocenters. The smallest absolute Gasteiger partial charge is 0.143 e. The van der Waals surface area contributed by atoms with E-state index in [4.69, 9.17) is 4.74 Å². The largest absolute Gasteiger partial charge is 0.507 e. The minimum atomic E-state index is -0.285. The Labute approximate surface area is 178 Å². The Morgan fingerprint density at radius 3 is 2.04 bits per heavy atom. The molecule has 0 bridgehead atoms. The molecule has 6 heteroatoms. The number of benzene rings is 1. The molecule has 3 rings (SSSR count). The summed E-state index contributed by atoms with van der Waals surface area (Å²) in [6.07, 6.45) is 1.78. The number of phenolic OH excluding ortho intramolecular Hbond substituents is 1. The van der Waals surface area contributed by atoms with Crippen LogP contribution in [0, 0.1) is 6.92 Å². The molecule has 0 fully saturated rings. The first-order chi connectivity index (χ1) is 12.4. The Morgan fingerprint density at radius 2 is 1.54 bits per heavy atom. The normalized spacial score (nSPS) is 16.6. The summed E-state index contributed by atoms with van der Waals surface area (Å²) in [7, 11) is 0. The standard InChI is InChI=1S/C22H29NO3S.ClH/c1-12-18(24)17-13(10-23-12)11-26-20(17)27-14-8-15(21(2,3)4)19(25)16(9-14)22(5,6)7;/h8-10,20,24-25H,11H2,1-7H3;1H. The van der Waals surface area contributed by atoms with Gasteiger partial charge in [0.2, 0.25) is 0 Å². The fraction of sp³-hybridized carbons (Fsp3) is 0.500. The first kappa shape index (κ1) is 22.9. The van der Waals surface area contributed by atoms with Crippen LogP contribution >= 0.6 is 24.2 Å². The van der Waals surface area contributed by atoms with Crippen molar-refractivity contribution in [2.24, 2.45) is 0 Å². The lowest BCUT2D eigenvalue weighted by Gasteiger charge is -2.28. The van der Waals surface area contributed by atoms with Gasteiger partial charge in [-0.2, -0.15) is 0 Å². The zero-order valence-electron chi connectivity index (χ0n) is 17.6. The van der Waals surface area contributed by atoms with Gasteiger partial charge in [-0.05, 0) is 29.9 Å². The molecule has 0 aliphatic carbocycles. The summed E-state index contributed by atoms with van der Waals surface area (Å²) >= 11 is 1.56. The molecule has 1 aromatic carbocycles. The van der Waals surface area contributed by atoms with Gasteiger partial charge in [0.15, 0.2) is 0 Å². The second-order valence-corrected chi connectivity index (χ2v) is 10.4. The summed E-state index contributed by atoms with van der Waals surface area (Å²) in [4.78, 5) is 5.25. The summed E-state index contributed by atoms with van der Waals surface area (Å²) in [5.74, 6) is 0.586. The number of ether oxygens (including phenoxy) is 1. The van der Waals surface area contributed by atoms with Crippen molar-refractivity contribution in [1.29, 1.82) is 0 Å². The van der Waals surface area contributed by atoms with Crippen LogP contribution in [0.3, 0.4) is 0 Å². The number of hydrogen-bond donors (Lipinski definition) is 2. The third-order valence-electron chi connectivity index (χ3n) is 4.93. The number of aromatic nitrogens is 1. The van der Waals surface area contributed by atoms with Crippen LogP contribution < -0.4 is 0 Å². The van der Waals surface area contributed by atoms with E-state index in [9.17, 15) is 10.2 Å². The molecular formula is C22H30ClNO3S. The van der Waals surface area contributed by atoms with Gasteiger partial charge in [0.1, 0.15) is 16.9 Å². The Balaban J connectivity index is 0.00000280. The van der Waals surface area contributed by atoms with Gasteiger partial charge in [0, 0.05) is 33.3 Å². The molecule has 4 nitrogen and oxygen atoms in total. The van der Waals surface area contributed by atoms with E-state index in [0.29, 0.717) is 18.1 Å². The van der Waals surface area contributed by atoms with Crippen LogP contribution in [0.25, 0.3) is 0 Å². The first-order valence-corrected chi connectivity index (χ1v) is 10.1. The second kappa shape index (κ2) is 7.77. The topological polar surface area (TPSA) is 62.6 Å². The van der Waals surface area contributed by atoms with Gasteiger partial charge in [-0.3, -0.25) is 4.98 Å². The van der Waals surface area contributed by atoms with Gasteiger partial charge in [0.25, 0.3) is 0 Å². The third-order valence-corrected chi connectivity index (χ3v) is 6.02. The molecule has 0 radical (unpaired) electrons.